The zero-order chi connectivity index (χ0) is 11.7. The first-order valence-corrected chi connectivity index (χ1v) is 5.92. The summed E-state index contributed by atoms with van der Waals surface area (Å²) >= 11 is 0. The van der Waals surface area contributed by atoms with Crippen molar-refractivity contribution >= 4 is 12.4 Å². The van der Waals surface area contributed by atoms with Crippen LogP contribution in [0.1, 0.15) is 18.0 Å². The van der Waals surface area contributed by atoms with E-state index in [1.807, 2.05) is 24.3 Å². The molecule has 3 rings (SSSR count). The molecule has 0 saturated carbocycles. The summed E-state index contributed by atoms with van der Waals surface area (Å²) in [6.07, 6.45) is 0.894. The molecule has 1 aliphatic heterocycles. The van der Waals surface area contributed by atoms with Crippen LogP contribution in [-0.2, 0) is 0 Å². The minimum atomic E-state index is 0. The van der Waals surface area contributed by atoms with Gasteiger partial charge in [0.15, 0.2) is 0 Å². The van der Waals surface area contributed by atoms with Gasteiger partial charge < -0.3 is 10.5 Å². The van der Waals surface area contributed by atoms with Crippen LogP contribution in [0.2, 0.25) is 0 Å². The third-order valence-electron chi connectivity index (χ3n) is 3.20. The number of fused-ring (bicyclic) bond motifs is 1. The maximum atomic E-state index is 6.11. The first kappa shape index (κ1) is 12.9. The summed E-state index contributed by atoms with van der Waals surface area (Å²) in [4.78, 5) is 0. The van der Waals surface area contributed by atoms with Gasteiger partial charge in [0, 0.05) is 18.0 Å². The highest BCUT2D eigenvalue weighted by Gasteiger charge is 2.18. The van der Waals surface area contributed by atoms with Gasteiger partial charge in [-0.05, 0) is 23.3 Å². The van der Waals surface area contributed by atoms with Gasteiger partial charge in [0.1, 0.15) is 5.75 Å². The van der Waals surface area contributed by atoms with E-state index in [4.69, 9.17) is 10.5 Å². The standard InChI is InChI=1S/C15H15NO.ClH/c16-14-8-9-17-15-7-6-12(10-13(14)15)11-4-2-1-3-5-11;/h1-7,10,14H,8-9,16H2;1H. The van der Waals surface area contributed by atoms with E-state index in [1.54, 1.807) is 0 Å². The van der Waals surface area contributed by atoms with Crippen molar-refractivity contribution in [3.63, 3.8) is 0 Å². The number of hydrogen-bond acceptors (Lipinski definition) is 2. The van der Waals surface area contributed by atoms with E-state index >= 15 is 0 Å². The predicted molar refractivity (Wildman–Crippen MR) is 76.2 cm³/mol. The predicted octanol–water partition coefficient (Wildman–Crippen LogP) is 3.56. The molecule has 1 unspecified atom stereocenters. The molecule has 1 aliphatic rings. The lowest BCUT2D eigenvalue weighted by molar-refractivity contribution is 0.269. The lowest BCUT2D eigenvalue weighted by Crippen LogP contribution is -2.20. The summed E-state index contributed by atoms with van der Waals surface area (Å²) in [6, 6.07) is 16.7. The topological polar surface area (TPSA) is 35.2 Å². The van der Waals surface area contributed by atoms with Crippen molar-refractivity contribution in [3.8, 4) is 16.9 Å². The summed E-state index contributed by atoms with van der Waals surface area (Å²) < 4.78 is 5.60. The summed E-state index contributed by atoms with van der Waals surface area (Å²) in [5.41, 5.74) is 9.65. The minimum Gasteiger partial charge on any atom is -0.493 e. The molecule has 0 aromatic heterocycles. The molecule has 0 bridgehead atoms. The summed E-state index contributed by atoms with van der Waals surface area (Å²) in [7, 11) is 0. The average Bonchev–Trinajstić information content (AvgIpc) is 2.40. The highest BCUT2D eigenvalue weighted by molar-refractivity contribution is 5.85. The van der Waals surface area contributed by atoms with Gasteiger partial charge in [0.25, 0.3) is 0 Å². The Hall–Kier alpha value is -1.51. The van der Waals surface area contributed by atoms with Crippen molar-refractivity contribution in [1.82, 2.24) is 0 Å². The Morgan fingerprint density at radius 2 is 1.78 bits per heavy atom. The van der Waals surface area contributed by atoms with E-state index in [9.17, 15) is 0 Å². The Labute approximate surface area is 113 Å². The van der Waals surface area contributed by atoms with Crippen molar-refractivity contribution < 1.29 is 4.74 Å². The number of benzene rings is 2. The van der Waals surface area contributed by atoms with Crippen molar-refractivity contribution in [1.29, 1.82) is 0 Å². The third kappa shape index (κ3) is 2.35. The van der Waals surface area contributed by atoms with E-state index < -0.39 is 0 Å². The van der Waals surface area contributed by atoms with Crippen molar-refractivity contribution in [2.75, 3.05) is 6.61 Å². The smallest absolute Gasteiger partial charge is 0.124 e. The van der Waals surface area contributed by atoms with E-state index in [0.717, 1.165) is 24.3 Å². The highest BCUT2D eigenvalue weighted by Crippen LogP contribution is 2.34. The molecule has 18 heavy (non-hydrogen) atoms. The Morgan fingerprint density at radius 1 is 1.00 bits per heavy atom. The SMILES string of the molecule is Cl.NC1CCOc2ccc(-c3ccccc3)cc21. The van der Waals surface area contributed by atoms with Crippen LogP contribution in [0, 0.1) is 0 Å². The van der Waals surface area contributed by atoms with Gasteiger partial charge in [-0.3, -0.25) is 0 Å². The molecule has 0 amide bonds. The third-order valence-corrected chi connectivity index (χ3v) is 3.20. The normalized spacial score (nSPS) is 17.3. The van der Waals surface area contributed by atoms with E-state index in [-0.39, 0.29) is 18.4 Å². The largest absolute Gasteiger partial charge is 0.493 e. The first-order valence-electron chi connectivity index (χ1n) is 5.92. The Kier molecular flexibility index (Phi) is 3.90. The molecule has 0 saturated heterocycles. The fourth-order valence-corrected chi connectivity index (χ4v) is 2.23. The minimum absolute atomic E-state index is 0. The maximum absolute atomic E-state index is 6.11. The van der Waals surface area contributed by atoms with Crippen LogP contribution >= 0.6 is 12.4 Å². The molecular weight excluding hydrogens is 246 g/mol. The maximum Gasteiger partial charge on any atom is 0.124 e. The van der Waals surface area contributed by atoms with Gasteiger partial charge in [-0.1, -0.05) is 36.4 Å². The van der Waals surface area contributed by atoms with Crippen LogP contribution in [0.25, 0.3) is 11.1 Å². The molecule has 0 radical (unpaired) electrons. The van der Waals surface area contributed by atoms with Crippen LogP contribution in [-0.4, -0.2) is 6.61 Å². The number of rotatable bonds is 1. The van der Waals surface area contributed by atoms with Crippen LogP contribution in [0.4, 0.5) is 0 Å². The molecule has 94 valence electrons. The van der Waals surface area contributed by atoms with E-state index in [0.29, 0.717) is 0 Å². The Morgan fingerprint density at radius 3 is 2.56 bits per heavy atom. The lowest BCUT2D eigenvalue weighted by atomic mass is 9.96. The highest BCUT2D eigenvalue weighted by atomic mass is 35.5. The molecule has 2 aromatic carbocycles. The second-order valence-corrected chi connectivity index (χ2v) is 4.36. The molecule has 0 spiro atoms. The fourth-order valence-electron chi connectivity index (χ4n) is 2.23. The fraction of sp³-hybridized carbons (Fsp3) is 0.200. The number of halogens is 1. The van der Waals surface area contributed by atoms with Gasteiger partial charge in [-0.2, -0.15) is 0 Å². The van der Waals surface area contributed by atoms with Crippen LogP contribution in [0.5, 0.6) is 5.75 Å². The summed E-state index contributed by atoms with van der Waals surface area (Å²) in [5.74, 6) is 0.934. The zero-order valence-corrected chi connectivity index (χ0v) is 10.8. The van der Waals surface area contributed by atoms with Crippen LogP contribution in [0.15, 0.2) is 48.5 Å². The second kappa shape index (κ2) is 5.42. The molecule has 3 heteroatoms. The molecular formula is C15H16ClNO. The zero-order valence-electron chi connectivity index (χ0n) is 10.0. The van der Waals surface area contributed by atoms with Gasteiger partial charge in [0.05, 0.1) is 6.61 Å². The molecule has 2 nitrogen and oxygen atoms in total. The summed E-state index contributed by atoms with van der Waals surface area (Å²) in [6.45, 7) is 0.721. The van der Waals surface area contributed by atoms with Crippen molar-refractivity contribution in [2.45, 2.75) is 12.5 Å². The van der Waals surface area contributed by atoms with Crippen molar-refractivity contribution in [3.05, 3.63) is 54.1 Å². The molecule has 0 aliphatic carbocycles. The van der Waals surface area contributed by atoms with Crippen LogP contribution < -0.4 is 10.5 Å². The quantitative estimate of drug-likeness (QED) is 0.852. The Balaban J connectivity index is 0.00000120. The number of hydrogen-bond donors (Lipinski definition) is 1. The number of nitrogens with two attached hydrogens (primary N) is 1. The van der Waals surface area contributed by atoms with E-state index in [1.165, 1.54) is 11.1 Å². The van der Waals surface area contributed by atoms with Gasteiger partial charge in [-0.25, -0.2) is 0 Å². The second-order valence-electron chi connectivity index (χ2n) is 4.36. The molecule has 1 atom stereocenters. The van der Waals surface area contributed by atoms with E-state index in [2.05, 4.69) is 24.3 Å². The van der Waals surface area contributed by atoms with Gasteiger partial charge >= 0.3 is 0 Å². The lowest BCUT2D eigenvalue weighted by Gasteiger charge is -2.23. The Bertz CT molecular complexity index is 527. The monoisotopic (exact) mass is 261 g/mol. The van der Waals surface area contributed by atoms with Crippen molar-refractivity contribution in [2.24, 2.45) is 5.73 Å². The van der Waals surface area contributed by atoms with Crippen LogP contribution in [0.3, 0.4) is 0 Å². The molecule has 2 N–H and O–H groups in total. The summed E-state index contributed by atoms with van der Waals surface area (Å²) in [5, 5.41) is 0. The molecule has 1 heterocycles. The van der Waals surface area contributed by atoms with Gasteiger partial charge in [-0.15, -0.1) is 12.4 Å². The molecule has 2 aromatic rings. The average molecular weight is 262 g/mol. The molecule has 0 fully saturated rings. The van der Waals surface area contributed by atoms with Gasteiger partial charge in [0.2, 0.25) is 0 Å². The number of ether oxygens (including phenoxy) is 1. The first-order chi connectivity index (χ1) is 8.34.